The Morgan fingerprint density at radius 1 is 1.46 bits per heavy atom. The first-order chi connectivity index (χ1) is 6.11. The van der Waals surface area contributed by atoms with Crippen molar-refractivity contribution >= 4 is 0 Å². The summed E-state index contributed by atoms with van der Waals surface area (Å²) >= 11 is 0. The van der Waals surface area contributed by atoms with E-state index in [0.29, 0.717) is 5.92 Å². The van der Waals surface area contributed by atoms with Crippen LogP contribution in [0.15, 0.2) is 23.6 Å². The van der Waals surface area contributed by atoms with Crippen LogP contribution in [-0.2, 0) is 4.74 Å². The van der Waals surface area contributed by atoms with E-state index >= 15 is 0 Å². The van der Waals surface area contributed by atoms with Crippen molar-refractivity contribution in [2.75, 3.05) is 7.11 Å². The van der Waals surface area contributed by atoms with Crippen LogP contribution < -0.4 is 5.73 Å². The maximum Gasteiger partial charge on any atom is 0.116 e. The molecule has 2 nitrogen and oxygen atoms in total. The fourth-order valence-corrected chi connectivity index (χ4v) is 0.819. The molecule has 0 aromatic carbocycles. The average Bonchev–Trinajstić information content (AvgIpc) is 2.11. The van der Waals surface area contributed by atoms with Crippen LogP contribution in [0.2, 0.25) is 0 Å². The van der Waals surface area contributed by atoms with Crippen LogP contribution in [0.25, 0.3) is 0 Å². The van der Waals surface area contributed by atoms with Gasteiger partial charge in [-0.2, -0.15) is 0 Å². The summed E-state index contributed by atoms with van der Waals surface area (Å²) in [6.45, 7) is 6.27. The van der Waals surface area contributed by atoms with Crippen molar-refractivity contribution in [2.45, 2.75) is 33.6 Å². The molecule has 2 heteroatoms. The molecule has 0 radical (unpaired) electrons. The summed E-state index contributed by atoms with van der Waals surface area (Å²) < 4.78 is 5.18. The van der Waals surface area contributed by atoms with E-state index < -0.39 is 0 Å². The molecule has 0 amide bonds. The van der Waals surface area contributed by atoms with Crippen LogP contribution in [0.5, 0.6) is 0 Å². The SMILES string of the molecule is CCC/C=C(\C=C(/N)C(C)C)OC. The van der Waals surface area contributed by atoms with Gasteiger partial charge in [0.15, 0.2) is 0 Å². The van der Waals surface area contributed by atoms with Crippen LogP contribution in [0.1, 0.15) is 33.6 Å². The Morgan fingerprint density at radius 3 is 2.46 bits per heavy atom. The Morgan fingerprint density at radius 2 is 2.08 bits per heavy atom. The van der Waals surface area contributed by atoms with Gasteiger partial charge in [0.2, 0.25) is 0 Å². The number of hydrogen-bond acceptors (Lipinski definition) is 2. The molecule has 0 atom stereocenters. The molecule has 0 unspecified atom stereocenters. The summed E-state index contributed by atoms with van der Waals surface area (Å²) in [7, 11) is 1.67. The lowest BCUT2D eigenvalue weighted by Gasteiger charge is -2.06. The second-order valence-corrected chi connectivity index (χ2v) is 3.40. The van der Waals surface area contributed by atoms with Crippen LogP contribution >= 0.6 is 0 Å². The lowest BCUT2D eigenvalue weighted by atomic mass is 10.1. The Balaban J connectivity index is 4.34. The molecule has 0 rings (SSSR count). The third-order valence-electron chi connectivity index (χ3n) is 1.85. The van der Waals surface area contributed by atoms with E-state index in [4.69, 9.17) is 10.5 Å². The second-order valence-electron chi connectivity index (χ2n) is 3.40. The molecule has 0 aromatic heterocycles. The normalized spacial score (nSPS) is 13.6. The van der Waals surface area contributed by atoms with E-state index in [9.17, 15) is 0 Å². The summed E-state index contributed by atoms with van der Waals surface area (Å²) in [5.41, 5.74) is 6.67. The summed E-state index contributed by atoms with van der Waals surface area (Å²) in [4.78, 5) is 0. The van der Waals surface area contributed by atoms with Crippen molar-refractivity contribution in [3.63, 3.8) is 0 Å². The number of rotatable bonds is 5. The smallest absolute Gasteiger partial charge is 0.116 e. The van der Waals surface area contributed by atoms with E-state index in [1.165, 1.54) is 0 Å². The highest BCUT2D eigenvalue weighted by molar-refractivity contribution is 5.17. The van der Waals surface area contributed by atoms with E-state index in [1.807, 2.05) is 6.08 Å². The number of nitrogens with two attached hydrogens (primary N) is 1. The molecule has 76 valence electrons. The van der Waals surface area contributed by atoms with Gasteiger partial charge < -0.3 is 10.5 Å². The first kappa shape index (κ1) is 12.1. The van der Waals surface area contributed by atoms with Gasteiger partial charge in [-0.25, -0.2) is 0 Å². The Bertz CT molecular complexity index is 192. The quantitative estimate of drug-likeness (QED) is 0.525. The predicted molar refractivity (Wildman–Crippen MR) is 57.1 cm³/mol. The average molecular weight is 183 g/mol. The Hall–Kier alpha value is -0.920. The highest BCUT2D eigenvalue weighted by atomic mass is 16.5. The van der Waals surface area contributed by atoms with E-state index in [0.717, 1.165) is 24.3 Å². The minimum absolute atomic E-state index is 0.375. The molecule has 0 aromatic rings. The molecule has 0 heterocycles. The minimum atomic E-state index is 0.375. The summed E-state index contributed by atoms with van der Waals surface area (Å²) in [5, 5.41) is 0. The van der Waals surface area contributed by atoms with Crippen molar-refractivity contribution in [1.29, 1.82) is 0 Å². The first-order valence-corrected chi connectivity index (χ1v) is 4.83. The van der Waals surface area contributed by atoms with Crippen molar-refractivity contribution in [1.82, 2.24) is 0 Å². The standard InChI is InChI=1S/C11H21NO/c1-5-6-7-10(13-4)8-11(12)9(2)3/h7-9H,5-6,12H2,1-4H3/b10-7+,11-8-. The zero-order valence-electron chi connectivity index (χ0n) is 9.13. The van der Waals surface area contributed by atoms with Gasteiger partial charge in [0, 0.05) is 5.70 Å². The molecule has 0 aliphatic carbocycles. The van der Waals surface area contributed by atoms with Gasteiger partial charge in [-0.3, -0.25) is 0 Å². The zero-order chi connectivity index (χ0) is 10.3. The highest BCUT2D eigenvalue weighted by Gasteiger charge is 1.98. The molecular weight excluding hydrogens is 162 g/mol. The third-order valence-corrected chi connectivity index (χ3v) is 1.85. The van der Waals surface area contributed by atoms with Crippen molar-refractivity contribution in [3.05, 3.63) is 23.6 Å². The van der Waals surface area contributed by atoms with E-state index in [-0.39, 0.29) is 0 Å². The number of allylic oxidation sites excluding steroid dienone is 3. The number of hydrogen-bond donors (Lipinski definition) is 1. The van der Waals surface area contributed by atoms with Gasteiger partial charge in [-0.05, 0) is 24.5 Å². The number of methoxy groups -OCH3 is 1. The second kappa shape index (κ2) is 6.58. The van der Waals surface area contributed by atoms with Crippen LogP contribution in [0.4, 0.5) is 0 Å². The van der Waals surface area contributed by atoms with E-state index in [1.54, 1.807) is 7.11 Å². The molecular formula is C11H21NO. The van der Waals surface area contributed by atoms with Gasteiger partial charge >= 0.3 is 0 Å². The van der Waals surface area contributed by atoms with Gasteiger partial charge in [0.1, 0.15) is 5.76 Å². The van der Waals surface area contributed by atoms with Gasteiger partial charge in [0.05, 0.1) is 7.11 Å². The maximum atomic E-state index is 5.80. The monoisotopic (exact) mass is 183 g/mol. The molecule has 0 aliphatic heterocycles. The fourth-order valence-electron chi connectivity index (χ4n) is 0.819. The van der Waals surface area contributed by atoms with Crippen molar-refractivity contribution in [3.8, 4) is 0 Å². The molecule has 0 saturated carbocycles. The Kier molecular flexibility index (Phi) is 6.11. The third kappa shape index (κ3) is 5.34. The van der Waals surface area contributed by atoms with Gasteiger partial charge in [-0.15, -0.1) is 0 Å². The number of unbranched alkanes of at least 4 members (excludes halogenated alkanes) is 1. The van der Waals surface area contributed by atoms with Crippen LogP contribution in [0.3, 0.4) is 0 Å². The maximum absolute atomic E-state index is 5.80. The van der Waals surface area contributed by atoms with Gasteiger partial charge in [0.25, 0.3) is 0 Å². The first-order valence-electron chi connectivity index (χ1n) is 4.83. The molecule has 0 saturated heterocycles. The number of ether oxygens (including phenoxy) is 1. The highest BCUT2D eigenvalue weighted by Crippen LogP contribution is 2.08. The largest absolute Gasteiger partial charge is 0.497 e. The van der Waals surface area contributed by atoms with Gasteiger partial charge in [-0.1, -0.05) is 27.2 Å². The molecule has 0 bridgehead atoms. The molecule has 0 spiro atoms. The minimum Gasteiger partial charge on any atom is -0.497 e. The molecule has 0 aliphatic rings. The predicted octanol–water partition coefficient (Wildman–Crippen LogP) is 2.82. The van der Waals surface area contributed by atoms with Crippen LogP contribution in [-0.4, -0.2) is 7.11 Å². The molecule has 0 fully saturated rings. The van der Waals surface area contributed by atoms with Crippen molar-refractivity contribution < 1.29 is 4.74 Å². The Labute approximate surface area is 81.5 Å². The molecule has 2 N–H and O–H groups in total. The fraction of sp³-hybridized carbons (Fsp3) is 0.636. The molecule has 13 heavy (non-hydrogen) atoms. The lowest BCUT2D eigenvalue weighted by molar-refractivity contribution is 0.304. The van der Waals surface area contributed by atoms with E-state index in [2.05, 4.69) is 26.8 Å². The summed E-state index contributed by atoms with van der Waals surface area (Å²) in [5.74, 6) is 1.24. The summed E-state index contributed by atoms with van der Waals surface area (Å²) in [6, 6.07) is 0. The summed E-state index contributed by atoms with van der Waals surface area (Å²) in [6.07, 6.45) is 6.13. The van der Waals surface area contributed by atoms with Crippen LogP contribution in [0, 0.1) is 5.92 Å². The zero-order valence-corrected chi connectivity index (χ0v) is 9.13. The van der Waals surface area contributed by atoms with Crippen molar-refractivity contribution in [2.24, 2.45) is 11.7 Å². The lowest BCUT2D eigenvalue weighted by Crippen LogP contribution is -2.05. The topological polar surface area (TPSA) is 35.2 Å².